The van der Waals surface area contributed by atoms with Crippen LogP contribution in [0.4, 0.5) is 0 Å². The summed E-state index contributed by atoms with van der Waals surface area (Å²) in [6.07, 6.45) is 3.09. The third-order valence-corrected chi connectivity index (χ3v) is 4.11. The number of amides is 1. The second kappa shape index (κ2) is 13.7. The predicted molar refractivity (Wildman–Crippen MR) is 118 cm³/mol. The summed E-state index contributed by atoms with van der Waals surface area (Å²) in [6, 6.07) is 7.43. The van der Waals surface area contributed by atoms with Gasteiger partial charge in [0.25, 0.3) is 5.91 Å². The number of carbonyl (C=O) groups is 1. The van der Waals surface area contributed by atoms with Crippen molar-refractivity contribution in [2.45, 2.75) is 38.8 Å². The minimum absolute atomic E-state index is 0. The molecule has 8 heteroatoms. The molecular weight excluding hydrogens is 459 g/mol. The molecule has 152 valence electrons. The molecule has 0 bridgehead atoms. The number of guanidine groups is 1. The number of aliphatic imine (C=N–C) groups is 1. The number of ether oxygens (including phenoxy) is 2. The van der Waals surface area contributed by atoms with E-state index in [-0.39, 0.29) is 36.0 Å². The van der Waals surface area contributed by atoms with E-state index >= 15 is 0 Å². The van der Waals surface area contributed by atoms with Gasteiger partial charge in [-0.25, -0.2) is 4.99 Å². The maximum absolute atomic E-state index is 12.3. The largest absolute Gasteiger partial charge is 0.382 e. The van der Waals surface area contributed by atoms with E-state index in [0.29, 0.717) is 31.2 Å². The first-order chi connectivity index (χ1) is 12.7. The summed E-state index contributed by atoms with van der Waals surface area (Å²) in [7, 11) is 0. The normalized spacial score (nSPS) is 16.6. The zero-order valence-electron chi connectivity index (χ0n) is 15.9. The molecule has 1 aromatic carbocycles. The minimum Gasteiger partial charge on any atom is -0.382 e. The van der Waals surface area contributed by atoms with Crippen LogP contribution >= 0.6 is 24.0 Å². The highest BCUT2D eigenvalue weighted by atomic mass is 127. The van der Waals surface area contributed by atoms with E-state index < -0.39 is 0 Å². The molecule has 1 aliphatic heterocycles. The fourth-order valence-corrected chi connectivity index (χ4v) is 2.69. The SMILES string of the molecule is CCOCCCNC(N)=NCc1cccc(C(=O)NCC2CCCO2)c1.I. The van der Waals surface area contributed by atoms with Gasteiger partial charge < -0.3 is 25.8 Å². The Kier molecular flexibility index (Phi) is 12.0. The monoisotopic (exact) mass is 490 g/mol. The highest BCUT2D eigenvalue weighted by Crippen LogP contribution is 2.11. The quantitative estimate of drug-likeness (QED) is 0.202. The number of carbonyl (C=O) groups excluding carboxylic acids is 1. The van der Waals surface area contributed by atoms with Crippen LogP contribution in [0.1, 0.15) is 42.1 Å². The van der Waals surface area contributed by atoms with E-state index in [2.05, 4.69) is 15.6 Å². The lowest BCUT2D eigenvalue weighted by Gasteiger charge is -2.11. The Balaban J connectivity index is 0.00000364. The zero-order chi connectivity index (χ0) is 18.6. The molecule has 0 aromatic heterocycles. The third-order valence-electron chi connectivity index (χ3n) is 4.11. The van der Waals surface area contributed by atoms with Crippen LogP contribution in [0.2, 0.25) is 0 Å². The Hall–Kier alpha value is -1.39. The van der Waals surface area contributed by atoms with Crippen molar-refractivity contribution in [1.82, 2.24) is 10.6 Å². The molecule has 7 nitrogen and oxygen atoms in total. The number of nitrogens with zero attached hydrogens (tertiary/aromatic N) is 1. The summed E-state index contributed by atoms with van der Waals surface area (Å²) < 4.78 is 10.8. The molecule has 1 unspecified atom stereocenters. The van der Waals surface area contributed by atoms with Crippen molar-refractivity contribution in [1.29, 1.82) is 0 Å². The topological polar surface area (TPSA) is 98.0 Å². The fraction of sp³-hybridized carbons (Fsp3) is 0.579. The highest BCUT2D eigenvalue weighted by Gasteiger charge is 2.16. The smallest absolute Gasteiger partial charge is 0.251 e. The van der Waals surface area contributed by atoms with Gasteiger partial charge in [-0.15, -0.1) is 24.0 Å². The second-order valence-corrected chi connectivity index (χ2v) is 6.22. The summed E-state index contributed by atoms with van der Waals surface area (Å²) in [5, 5.41) is 5.98. The van der Waals surface area contributed by atoms with Crippen LogP contribution in [-0.2, 0) is 16.0 Å². The molecule has 2 rings (SSSR count). The van der Waals surface area contributed by atoms with Gasteiger partial charge in [-0.05, 0) is 43.9 Å². The van der Waals surface area contributed by atoms with E-state index in [1.165, 1.54) is 0 Å². The molecule has 0 radical (unpaired) electrons. The molecule has 1 aliphatic rings. The van der Waals surface area contributed by atoms with Crippen molar-refractivity contribution in [3.8, 4) is 0 Å². The van der Waals surface area contributed by atoms with Gasteiger partial charge in [0.1, 0.15) is 0 Å². The van der Waals surface area contributed by atoms with Gasteiger partial charge in [0, 0.05) is 38.5 Å². The van der Waals surface area contributed by atoms with Crippen molar-refractivity contribution in [3.05, 3.63) is 35.4 Å². The number of nitrogens with one attached hydrogen (secondary N) is 2. The van der Waals surface area contributed by atoms with Crippen molar-refractivity contribution >= 4 is 35.8 Å². The first-order valence-corrected chi connectivity index (χ1v) is 9.29. The molecule has 27 heavy (non-hydrogen) atoms. The lowest BCUT2D eigenvalue weighted by atomic mass is 10.1. The van der Waals surface area contributed by atoms with Gasteiger partial charge in [0.2, 0.25) is 0 Å². The Morgan fingerprint density at radius 3 is 3.00 bits per heavy atom. The van der Waals surface area contributed by atoms with Crippen LogP contribution in [0, 0.1) is 0 Å². The van der Waals surface area contributed by atoms with Gasteiger partial charge in [-0.3, -0.25) is 4.79 Å². The molecule has 0 aliphatic carbocycles. The summed E-state index contributed by atoms with van der Waals surface area (Å²) in [5.74, 6) is 0.308. The van der Waals surface area contributed by atoms with Crippen LogP contribution in [-0.4, -0.2) is 50.9 Å². The molecule has 4 N–H and O–H groups in total. The van der Waals surface area contributed by atoms with E-state index in [9.17, 15) is 4.79 Å². The standard InChI is InChI=1S/C19H30N4O3.HI/c1-2-25-10-5-9-21-19(20)23-13-15-6-3-7-16(12-15)18(24)22-14-17-8-4-11-26-17;/h3,6-7,12,17H,2,4-5,8-11,13-14H2,1H3,(H,22,24)(H3,20,21,23);1H. The van der Waals surface area contributed by atoms with Gasteiger partial charge in [-0.1, -0.05) is 12.1 Å². The molecule has 0 saturated carbocycles. The van der Waals surface area contributed by atoms with Crippen molar-refractivity contribution in [2.75, 3.05) is 32.9 Å². The number of halogens is 1. The molecule has 1 fully saturated rings. The number of benzene rings is 1. The van der Waals surface area contributed by atoms with Crippen molar-refractivity contribution < 1.29 is 14.3 Å². The van der Waals surface area contributed by atoms with Crippen LogP contribution in [0.3, 0.4) is 0 Å². The Labute approximate surface area is 178 Å². The summed E-state index contributed by atoms with van der Waals surface area (Å²) in [5.41, 5.74) is 7.42. The van der Waals surface area contributed by atoms with Crippen molar-refractivity contribution in [2.24, 2.45) is 10.7 Å². The summed E-state index contributed by atoms with van der Waals surface area (Å²) in [6.45, 7) is 5.90. The maximum Gasteiger partial charge on any atom is 0.251 e. The number of rotatable bonds is 10. The molecule has 0 spiro atoms. The van der Waals surface area contributed by atoms with Crippen molar-refractivity contribution in [3.63, 3.8) is 0 Å². The van der Waals surface area contributed by atoms with Crippen LogP contribution in [0.5, 0.6) is 0 Å². The zero-order valence-corrected chi connectivity index (χ0v) is 18.2. The minimum atomic E-state index is -0.0895. The fourth-order valence-electron chi connectivity index (χ4n) is 2.69. The second-order valence-electron chi connectivity index (χ2n) is 6.22. The number of hydrogen-bond donors (Lipinski definition) is 3. The van der Waals surface area contributed by atoms with E-state index in [1.54, 1.807) is 6.07 Å². The molecule has 1 saturated heterocycles. The van der Waals surface area contributed by atoms with E-state index in [1.807, 2.05) is 25.1 Å². The first kappa shape index (κ1) is 23.6. The maximum atomic E-state index is 12.3. The summed E-state index contributed by atoms with van der Waals surface area (Å²) in [4.78, 5) is 16.6. The molecular formula is C19H31IN4O3. The van der Waals surface area contributed by atoms with E-state index in [4.69, 9.17) is 15.2 Å². The average Bonchev–Trinajstić information content (AvgIpc) is 3.18. The van der Waals surface area contributed by atoms with Crippen LogP contribution < -0.4 is 16.4 Å². The Morgan fingerprint density at radius 2 is 2.26 bits per heavy atom. The van der Waals surface area contributed by atoms with Crippen LogP contribution in [0.25, 0.3) is 0 Å². The predicted octanol–water partition coefficient (Wildman–Crippen LogP) is 2.04. The molecule has 1 atom stereocenters. The van der Waals surface area contributed by atoms with Crippen LogP contribution in [0.15, 0.2) is 29.3 Å². The molecule has 1 amide bonds. The Morgan fingerprint density at radius 1 is 1.41 bits per heavy atom. The van der Waals surface area contributed by atoms with Gasteiger partial charge in [0.15, 0.2) is 5.96 Å². The number of hydrogen-bond acceptors (Lipinski definition) is 4. The van der Waals surface area contributed by atoms with Gasteiger partial charge in [-0.2, -0.15) is 0 Å². The van der Waals surface area contributed by atoms with Gasteiger partial charge >= 0.3 is 0 Å². The highest BCUT2D eigenvalue weighted by molar-refractivity contribution is 14.0. The first-order valence-electron chi connectivity index (χ1n) is 9.29. The lowest BCUT2D eigenvalue weighted by molar-refractivity contribution is 0.0857. The third kappa shape index (κ3) is 9.39. The lowest BCUT2D eigenvalue weighted by Crippen LogP contribution is -2.33. The Bertz CT molecular complexity index is 592. The average molecular weight is 490 g/mol. The van der Waals surface area contributed by atoms with Gasteiger partial charge in [0.05, 0.1) is 12.6 Å². The summed E-state index contributed by atoms with van der Waals surface area (Å²) >= 11 is 0. The van der Waals surface area contributed by atoms with E-state index in [0.717, 1.165) is 44.6 Å². The molecule has 1 heterocycles. The molecule has 1 aromatic rings. The number of nitrogens with two attached hydrogens (primary N) is 1.